The number of nitrogens with zero attached hydrogens (tertiary/aromatic N) is 2. The monoisotopic (exact) mass is 352 g/mol. The van der Waals surface area contributed by atoms with Gasteiger partial charge in [-0.05, 0) is 36.7 Å². The SMILES string of the molecule is CCCN1CCN(c2ccc(/C=C/C(=O)O)c(Br)c2)CC1. The summed E-state index contributed by atoms with van der Waals surface area (Å²) >= 11 is 3.52. The number of hydrogen-bond acceptors (Lipinski definition) is 3. The summed E-state index contributed by atoms with van der Waals surface area (Å²) in [6, 6.07) is 6.08. The fraction of sp³-hybridized carbons (Fsp3) is 0.438. The lowest BCUT2D eigenvalue weighted by atomic mass is 10.1. The van der Waals surface area contributed by atoms with Crippen LogP contribution in [0.3, 0.4) is 0 Å². The van der Waals surface area contributed by atoms with E-state index in [9.17, 15) is 4.79 Å². The number of carbonyl (C=O) groups is 1. The molecule has 1 aliphatic rings. The lowest BCUT2D eigenvalue weighted by Crippen LogP contribution is -2.46. The molecule has 0 aromatic heterocycles. The van der Waals surface area contributed by atoms with E-state index in [1.165, 1.54) is 18.7 Å². The van der Waals surface area contributed by atoms with Gasteiger partial charge in [0.15, 0.2) is 0 Å². The van der Waals surface area contributed by atoms with Crippen molar-refractivity contribution < 1.29 is 9.90 Å². The average Bonchev–Trinajstić information content (AvgIpc) is 2.47. The maximum atomic E-state index is 10.6. The van der Waals surface area contributed by atoms with Crippen LogP contribution in [0.15, 0.2) is 28.7 Å². The maximum absolute atomic E-state index is 10.6. The van der Waals surface area contributed by atoms with Crippen molar-refractivity contribution in [2.45, 2.75) is 13.3 Å². The molecule has 0 saturated carbocycles. The molecule has 0 atom stereocenters. The van der Waals surface area contributed by atoms with Crippen LogP contribution < -0.4 is 4.90 Å². The van der Waals surface area contributed by atoms with Crippen LogP contribution in [-0.2, 0) is 4.79 Å². The average molecular weight is 353 g/mol. The Hall–Kier alpha value is -1.33. The second-order valence-electron chi connectivity index (χ2n) is 5.21. The van der Waals surface area contributed by atoms with Gasteiger partial charge in [0.05, 0.1) is 0 Å². The highest BCUT2D eigenvalue weighted by Crippen LogP contribution is 2.26. The molecular formula is C16H21BrN2O2. The van der Waals surface area contributed by atoms with Crippen molar-refractivity contribution in [1.82, 2.24) is 4.90 Å². The lowest BCUT2D eigenvalue weighted by Gasteiger charge is -2.36. The molecule has 1 N–H and O–H groups in total. The molecule has 1 aromatic rings. The first-order valence-electron chi connectivity index (χ1n) is 7.28. The fourth-order valence-corrected chi connectivity index (χ4v) is 3.05. The van der Waals surface area contributed by atoms with E-state index in [0.717, 1.165) is 42.3 Å². The van der Waals surface area contributed by atoms with E-state index < -0.39 is 5.97 Å². The van der Waals surface area contributed by atoms with Crippen molar-refractivity contribution in [2.24, 2.45) is 0 Å². The van der Waals surface area contributed by atoms with Gasteiger partial charge < -0.3 is 10.0 Å². The Morgan fingerprint density at radius 1 is 1.33 bits per heavy atom. The Morgan fingerprint density at radius 2 is 2.05 bits per heavy atom. The number of aliphatic carboxylic acids is 1. The first-order chi connectivity index (χ1) is 10.1. The van der Waals surface area contributed by atoms with E-state index in [-0.39, 0.29) is 0 Å². The Morgan fingerprint density at radius 3 is 2.62 bits per heavy atom. The highest BCUT2D eigenvalue weighted by Gasteiger charge is 2.16. The first kappa shape index (κ1) is 16.0. The molecule has 1 fully saturated rings. The van der Waals surface area contributed by atoms with Crippen LogP contribution in [0.4, 0.5) is 5.69 Å². The van der Waals surface area contributed by atoms with Gasteiger partial charge in [-0.2, -0.15) is 0 Å². The molecule has 0 aliphatic carbocycles. The Bertz CT molecular complexity index is 523. The van der Waals surface area contributed by atoms with Gasteiger partial charge in [0.2, 0.25) is 0 Å². The third-order valence-corrected chi connectivity index (χ3v) is 4.35. The van der Waals surface area contributed by atoms with Gasteiger partial charge in [-0.3, -0.25) is 4.90 Å². The second kappa shape index (κ2) is 7.61. The van der Waals surface area contributed by atoms with Gasteiger partial charge in [-0.25, -0.2) is 4.79 Å². The summed E-state index contributed by atoms with van der Waals surface area (Å²) in [6.45, 7) is 7.68. The highest BCUT2D eigenvalue weighted by atomic mass is 79.9. The lowest BCUT2D eigenvalue weighted by molar-refractivity contribution is -0.131. The molecule has 1 heterocycles. The van der Waals surface area contributed by atoms with Crippen molar-refractivity contribution in [2.75, 3.05) is 37.6 Å². The number of hydrogen-bond donors (Lipinski definition) is 1. The smallest absolute Gasteiger partial charge is 0.328 e. The van der Waals surface area contributed by atoms with Gasteiger partial charge in [0, 0.05) is 42.4 Å². The molecule has 5 heteroatoms. The van der Waals surface area contributed by atoms with E-state index in [2.05, 4.69) is 44.8 Å². The van der Waals surface area contributed by atoms with Crippen molar-refractivity contribution in [3.63, 3.8) is 0 Å². The predicted molar refractivity (Wildman–Crippen MR) is 89.8 cm³/mol. The van der Waals surface area contributed by atoms with Crippen molar-refractivity contribution in [3.8, 4) is 0 Å². The van der Waals surface area contributed by atoms with Crippen molar-refractivity contribution in [1.29, 1.82) is 0 Å². The number of halogens is 1. The van der Waals surface area contributed by atoms with Gasteiger partial charge in [0.25, 0.3) is 0 Å². The van der Waals surface area contributed by atoms with Crippen LogP contribution in [0.25, 0.3) is 6.08 Å². The fourth-order valence-electron chi connectivity index (χ4n) is 2.55. The van der Waals surface area contributed by atoms with Gasteiger partial charge in [0.1, 0.15) is 0 Å². The topological polar surface area (TPSA) is 43.8 Å². The van der Waals surface area contributed by atoms with Gasteiger partial charge in [-0.1, -0.05) is 28.9 Å². The maximum Gasteiger partial charge on any atom is 0.328 e. The summed E-state index contributed by atoms with van der Waals surface area (Å²) in [7, 11) is 0. The quantitative estimate of drug-likeness (QED) is 0.827. The van der Waals surface area contributed by atoms with E-state index >= 15 is 0 Å². The largest absolute Gasteiger partial charge is 0.478 e. The minimum Gasteiger partial charge on any atom is -0.478 e. The Balaban J connectivity index is 2.02. The molecule has 1 saturated heterocycles. The van der Waals surface area contributed by atoms with Crippen LogP contribution in [0, 0.1) is 0 Å². The van der Waals surface area contributed by atoms with E-state index in [4.69, 9.17) is 5.11 Å². The molecule has 0 amide bonds. The van der Waals surface area contributed by atoms with Crippen LogP contribution in [0.1, 0.15) is 18.9 Å². The third-order valence-electron chi connectivity index (χ3n) is 3.67. The third kappa shape index (κ3) is 4.58. The Kier molecular flexibility index (Phi) is 5.82. The van der Waals surface area contributed by atoms with Crippen LogP contribution in [0.5, 0.6) is 0 Å². The second-order valence-corrected chi connectivity index (χ2v) is 6.06. The molecule has 0 bridgehead atoms. The zero-order valence-corrected chi connectivity index (χ0v) is 13.8. The molecular weight excluding hydrogens is 332 g/mol. The van der Waals surface area contributed by atoms with Crippen LogP contribution >= 0.6 is 15.9 Å². The van der Waals surface area contributed by atoms with Crippen molar-refractivity contribution >= 4 is 33.7 Å². The summed E-state index contributed by atoms with van der Waals surface area (Å²) in [5.74, 6) is -0.932. The van der Waals surface area contributed by atoms with E-state index in [1.807, 2.05) is 6.07 Å². The first-order valence-corrected chi connectivity index (χ1v) is 8.07. The number of rotatable bonds is 5. The summed E-state index contributed by atoms with van der Waals surface area (Å²) in [6.07, 6.45) is 3.97. The minimum absolute atomic E-state index is 0.880. The van der Waals surface area contributed by atoms with Crippen LogP contribution in [-0.4, -0.2) is 48.7 Å². The predicted octanol–water partition coefficient (Wildman–Crippen LogP) is 3.08. The summed E-state index contributed by atoms with van der Waals surface area (Å²) in [5.41, 5.74) is 2.07. The Labute approximate surface area is 134 Å². The molecule has 21 heavy (non-hydrogen) atoms. The normalized spacial score (nSPS) is 16.6. The number of carboxylic acids is 1. The molecule has 114 valence electrons. The summed E-state index contributed by atoms with van der Waals surface area (Å²) in [4.78, 5) is 15.4. The standard InChI is InChI=1S/C16H21BrN2O2/c1-2-7-18-8-10-19(11-9-18)14-5-3-13(15(17)12-14)4-6-16(20)21/h3-6,12H,2,7-11H2,1H3,(H,20,21)/b6-4+. The number of benzene rings is 1. The molecule has 1 aliphatic heterocycles. The van der Waals surface area contributed by atoms with Gasteiger partial charge in [-0.15, -0.1) is 0 Å². The van der Waals surface area contributed by atoms with Crippen LogP contribution in [0.2, 0.25) is 0 Å². The summed E-state index contributed by atoms with van der Waals surface area (Å²) < 4.78 is 0.925. The molecule has 0 radical (unpaired) electrons. The number of anilines is 1. The minimum atomic E-state index is -0.932. The molecule has 0 spiro atoms. The highest BCUT2D eigenvalue weighted by molar-refractivity contribution is 9.10. The number of piperazine rings is 1. The van der Waals surface area contributed by atoms with E-state index in [1.54, 1.807) is 6.08 Å². The number of carboxylic acid groups (broad SMARTS) is 1. The molecule has 2 rings (SSSR count). The zero-order chi connectivity index (χ0) is 15.2. The van der Waals surface area contributed by atoms with Crippen molar-refractivity contribution in [3.05, 3.63) is 34.3 Å². The molecule has 1 aromatic carbocycles. The molecule has 4 nitrogen and oxygen atoms in total. The van der Waals surface area contributed by atoms with Gasteiger partial charge >= 0.3 is 5.97 Å². The molecule has 0 unspecified atom stereocenters. The zero-order valence-electron chi connectivity index (χ0n) is 12.3. The van der Waals surface area contributed by atoms with E-state index in [0.29, 0.717) is 0 Å². The summed E-state index contributed by atoms with van der Waals surface area (Å²) in [5, 5.41) is 8.68.